The molecule has 0 radical (unpaired) electrons. The average molecular weight is 537 g/mol. The number of methoxy groups -OCH3 is 1. The zero-order chi connectivity index (χ0) is 26.9. The fraction of sp³-hybridized carbons (Fsp3) is 0.500. The number of benzene rings is 2. The molecular formula is C32H41ClN2O3. The summed E-state index contributed by atoms with van der Waals surface area (Å²) in [5.41, 5.74) is 4.00. The first-order chi connectivity index (χ1) is 18.5. The first-order valence-electron chi connectivity index (χ1n) is 14.0. The Morgan fingerprint density at radius 1 is 1.24 bits per heavy atom. The van der Waals surface area contributed by atoms with Crippen molar-refractivity contribution in [2.75, 3.05) is 25.2 Å². The number of unbranched alkanes of at least 4 members (excludes halogenated alkanes) is 2. The van der Waals surface area contributed by atoms with Crippen LogP contribution in [0.2, 0.25) is 5.02 Å². The zero-order valence-corrected chi connectivity index (χ0v) is 23.6. The molecule has 2 aliphatic rings. The van der Waals surface area contributed by atoms with Crippen LogP contribution in [0.1, 0.15) is 73.4 Å². The highest BCUT2D eigenvalue weighted by molar-refractivity contribution is 6.30. The van der Waals surface area contributed by atoms with Gasteiger partial charge in [-0.2, -0.15) is 0 Å². The van der Waals surface area contributed by atoms with E-state index < -0.39 is 0 Å². The van der Waals surface area contributed by atoms with E-state index in [2.05, 4.69) is 47.8 Å². The molecule has 2 aromatic carbocycles. The van der Waals surface area contributed by atoms with Crippen molar-refractivity contribution >= 4 is 29.9 Å². The highest BCUT2D eigenvalue weighted by Crippen LogP contribution is 2.42. The van der Waals surface area contributed by atoms with Gasteiger partial charge in [-0.3, -0.25) is 4.79 Å². The molecule has 6 heteroatoms. The van der Waals surface area contributed by atoms with Gasteiger partial charge >= 0.3 is 0 Å². The second kappa shape index (κ2) is 14.0. The minimum absolute atomic E-state index is 0.120. The number of hydrogen-bond donors (Lipinski definition) is 0. The van der Waals surface area contributed by atoms with Crippen LogP contribution in [0.25, 0.3) is 0 Å². The van der Waals surface area contributed by atoms with Crippen LogP contribution in [0.4, 0.5) is 5.69 Å². The smallest absolute Gasteiger partial charge is 0.276 e. The molecule has 0 unspecified atom stereocenters. The molecule has 1 fully saturated rings. The van der Waals surface area contributed by atoms with Gasteiger partial charge in [0.2, 0.25) is 0 Å². The molecule has 1 saturated carbocycles. The molecule has 4 rings (SSSR count). The topological polar surface area (TPSA) is 51.1 Å². The lowest BCUT2D eigenvalue weighted by molar-refractivity contribution is 0.0134. The third-order valence-corrected chi connectivity index (χ3v) is 8.23. The first kappa shape index (κ1) is 28.4. The number of anilines is 1. The van der Waals surface area contributed by atoms with Gasteiger partial charge < -0.3 is 14.4 Å². The van der Waals surface area contributed by atoms with E-state index in [0.717, 1.165) is 68.1 Å². The summed E-state index contributed by atoms with van der Waals surface area (Å²) in [4.78, 5) is 18.5. The number of nitrogens with zero attached hydrogens (tertiary/aromatic N) is 2. The van der Waals surface area contributed by atoms with E-state index in [9.17, 15) is 4.79 Å². The van der Waals surface area contributed by atoms with Crippen LogP contribution in [-0.2, 0) is 17.7 Å². The summed E-state index contributed by atoms with van der Waals surface area (Å²) in [7, 11) is 1.82. The largest absolute Gasteiger partial charge is 0.491 e. The number of halogens is 1. The summed E-state index contributed by atoms with van der Waals surface area (Å²) in [5.74, 6) is 1.42. The monoisotopic (exact) mass is 536 g/mol. The minimum Gasteiger partial charge on any atom is -0.491 e. The number of rotatable bonds is 9. The molecule has 1 amide bonds. The van der Waals surface area contributed by atoms with Gasteiger partial charge in [0.1, 0.15) is 5.75 Å². The molecular weight excluding hydrogens is 496 g/mol. The number of hydrogen-bond acceptors (Lipinski definition) is 4. The predicted molar refractivity (Wildman–Crippen MR) is 157 cm³/mol. The summed E-state index contributed by atoms with van der Waals surface area (Å²) in [5, 5.41) is 0.767. The summed E-state index contributed by atoms with van der Waals surface area (Å²) >= 11 is 6.40. The Balaban J connectivity index is 1.67. The maximum Gasteiger partial charge on any atom is 0.276 e. The number of carbonyl (C=O) groups is 1. The third-order valence-electron chi connectivity index (χ3n) is 7.99. The molecule has 38 heavy (non-hydrogen) atoms. The van der Waals surface area contributed by atoms with Gasteiger partial charge in [0.15, 0.2) is 0 Å². The van der Waals surface area contributed by atoms with Crippen molar-refractivity contribution < 1.29 is 14.3 Å². The normalized spacial score (nSPS) is 20.4. The molecule has 0 saturated heterocycles. The Morgan fingerprint density at radius 3 is 2.84 bits per heavy atom. The lowest BCUT2D eigenvalue weighted by Crippen LogP contribution is -2.43. The van der Waals surface area contributed by atoms with Crippen LogP contribution in [0.3, 0.4) is 0 Å². The summed E-state index contributed by atoms with van der Waals surface area (Å²) in [6, 6.07) is 11.8. The Labute approximate surface area is 232 Å². The first-order valence-corrected chi connectivity index (χ1v) is 14.4. The molecule has 1 aliphatic heterocycles. The lowest BCUT2D eigenvalue weighted by atomic mass is 9.70. The van der Waals surface area contributed by atoms with Crippen LogP contribution in [0.15, 0.2) is 53.5 Å². The lowest BCUT2D eigenvalue weighted by Gasteiger charge is -2.43. The summed E-state index contributed by atoms with van der Waals surface area (Å²) < 4.78 is 12.2. The maximum absolute atomic E-state index is 12.5. The van der Waals surface area contributed by atoms with E-state index in [1.54, 1.807) is 6.07 Å². The van der Waals surface area contributed by atoms with Crippen molar-refractivity contribution in [1.82, 2.24) is 0 Å². The Kier molecular flexibility index (Phi) is 10.4. The van der Waals surface area contributed by atoms with Gasteiger partial charge in [0.25, 0.3) is 5.91 Å². The number of allylic oxidation sites excluding steroid dienone is 1. The van der Waals surface area contributed by atoms with Crippen molar-refractivity contribution in [3.8, 4) is 5.75 Å². The maximum atomic E-state index is 12.5. The molecule has 0 N–H and O–H groups in total. The minimum atomic E-state index is -0.326. The van der Waals surface area contributed by atoms with Crippen molar-refractivity contribution in [2.24, 2.45) is 16.8 Å². The number of carbonyl (C=O) groups excluding carboxylic acids is 1. The quantitative estimate of drug-likeness (QED) is 0.187. The van der Waals surface area contributed by atoms with E-state index in [1.165, 1.54) is 24.0 Å². The fourth-order valence-corrected chi connectivity index (χ4v) is 5.83. The number of aliphatic imine (C=N–C) groups is 1. The molecule has 0 spiro atoms. The zero-order valence-electron chi connectivity index (χ0n) is 22.8. The highest BCUT2D eigenvalue weighted by atomic mass is 35.5. The Hall–Kier alpha value is -2.63. The molecule has 0 aromatic heterocycles. The van der Waals surface area contributed by atoms with Crippen LogP contribution < -0.4 is 9.64 Å². The second-order valence-corrected chi connectivity index (χ2v) is 11.0. The molecule has 204 valence electrons. The van der Waals surface area contributed by atoms with Crippen LogP contribution in [-0.4, -0.2) is 39.0 Å². The Bertz CT molecular complexity index is 1130. The van der Waals surface area contributed by atoms with Gasteiger partial charge in [-0.15, -0.1) is 0 Å². The number of amides is 1. The number of ether oxygens (including phenoxy) is 2. The number of aryl methyl sites for hydroxylation is 1. The van der Waals surface area contributed by atoms with Crippen molar-refractivity contribution in [3.63, 3.8) is 0 Å². The van der Waals surface area contributed by atoms with Gasteiger partial charge in [0, 0.05) is 30.8 Å². The third kappa shape index (κ3) is 7.06. The van der Waals surface area contributed by atoms with Crippen LogP contribution in [0, 0.1) is 11.8 Å². The van der Waals surface area contributed by atoms with Gasteiger partial charge in [-0.05, 0) is 98.5 Å². The van der Waals surface area contributed by atoms with Crippen molar-refractivity contribution in [3.05, 3.63) is 70.3 Å². The van der Waals surface area contributed by atoms with Crippen molar-refractivity contribution in [2.45, 2.75) is 70.9 Å². The van der Waals surface area contributed by atoms with Crippen molar-refractivity contribution in [1.29, 1.82) is 0 Å². The van der Waals surface area contributed by atoms with E-state index in [0.29, 0.717) is 24.0 Å². The van der Waals surface area contributed by atoms with E-state index in [-0.39, 0.29) is 12.0 Å². The van der Waals surface area contributed by atoms with Crippen LogP contribution in [0.5, 0.6) is 5.75 Å². The predicted octanol–water partition coefficient (Wildman–Crippen LogP) is 7.69. The second-order valence-electron chi connectivity index (χ2n) is 10.5. The van der Waals surface area contributed by atoms with Crippen LogP contribution >= 0.6 is 11.6 Å². The highest BCUT2D eigenvalue weighted by Gasteiger charge is 2.37. The standard InChI is InChI=1S/C32H41ClN2O3/c1-4-5-6-7-11-30(37-3)28-16-13-26(28)22-35-21-25-12-15-27(33)19-23(25)10-8-9-18-38-31-17-14-24(20-29(31)35)32(36)34-2/h7,11-12,14-15,17,19-20,26,28,30H,2,4-6,8-10,13,16,18,21-22H2,1,3H3/b11-7+/t26-,28+,30-/m0/s1. The van der Waals surface area contributed by atoms with Gasteiger partial charge in [-0.1, -0.05) is 49.6 Å². The molecule has 5 nitrogen and oxygen atoms in total. The summed E-state index contributed by atoms with van der Waals surface area (Å²) in [6.45, 7) is 7.87. The number of fused-ring (bicyclic) bond motifs is 2. The molecule has 2 aromatic rings. The van der Waals surface area contributed by atoms with Gasteiger partial charge in [-0.25, -0.2) is 4.99 Å². The van der Waals surface area contributed by atoms with E-state index in [1.807, 2.05) is 25.3 Å². The van der Waals surface area contributed by atoms with E-state index >= 15 is 0 Å². The molecule has 1 aliphatic carbocycles. The fourth-order valence-electron chi connectivity index (χ4n) is 5.63. The molecule has 1 heterocycles. The SMILES string of the molecule is C=NC(=O)c1ccc2c(c1)N(C[C@@H]1CC[C@H]1[C@H](/C=C/CCCC)OC)Cc1ccc(Cl)cc1CCCCO2. The molecule has 0 bridgehead atoms. The van der Waals surface area contributed by atoms with Gasteiger partial charge in [0.05, 0.1) is 18.4 Å². The average Bonchev–Trinajstić information content (AvgIpc) is 2.95. The summed E-state index contributed by atoms with van der Waals surface area (Å²) in [6.07, 6.45) is 13.4. The Morgan fingerprint density at radius 2 is 2.11 bits per heavy atom. The molecule has 3 atom stereocenters. The van der Waals surface area contributed by atoms with E-state index in [4.69, 9.17) is 21.1 Å².